The Morgan fingerprint density at radius 3 is 2.32 bits per heavy atom. The number of nitrogens with zero attached hydrogens (tertiary/aromatic N) is 3. The van der Waals surface area contributed by atoms with Crippen LogP contribution in [0.25, 0.3) is 0 Å². The first kappa shape index (κ1) is 12.0. The van der Waals surface area contributed by atoms with Gasteiger partial charge in [0.1, 0.15) is 17.5 Å². The van der Waals surface area contributed by atoms with Crippen LogP contribution in [0, 0.1) is 0 Å². The molecular formula is C15H18N4. The van der Waals surface area contributed by atoms with Gasteiger partial charge in [-0.1, -0.05) is 38.1 Å². The summed E-state index contributed by atoms with van der Waals surface area (Å²) in [5.41, 5.74) is 8.63. The molecule has 0 spiro atoms. The lowest BCUT2D eigenvalue weighted by atomic mass is 10.1. The van der Waals surface area contributed by atoms with E-state index in [9.17, 15) is 0 Å². The Morgan fingerprint density at radius 1 is 1.11 bits per heavy atom. The number of nitrogens with two attached hydrogens (primary N) is 1. The Hall–Kier alpha value is -2.10. The minimum Gasteiger partial charge on any atom is -0.384 e. The summed E-state index contributed by atoms with van der Waals surface area (Å²) in [6, 6.07) is 10.4. The molecule has 1 aliphatic rings. The van der Waals surface area contributed by atoms with Gasteiger partial charge in [-0.15, -0.1) is 0 Å². The van der Waals surface area contributed by atoms with Crippen LogP contribution >= 0.6 is 0 Å². The van der Waals surface area contributed by atoms with Gasteiger partial charge in [-0.05, 0) is 11.1 Å². The van der Waals surface area contributed by atoms with Gasteiger partial charge in [0.15, 0.2) is 0 Å². The van der Waals surface area contributed by atoms with Crippen molar-refractivity contribution in [1.82, 2.24) is 9.97 Å². The Bertz CT molecular complexity index is 582. The Balaban J connectivity index is 1.93. The summed E-state index contributed by atoms with van der Waals surface area (Å²) in [7, 11) is 0. The summed E-state index contributed by atoms with van der Waals surface area (Å²) in [6.45, 7) is 5.95. The van der Waals surface area contributed by atoms with E-state index in [1.165, 1.54) is 11.1 Å². The quantitative estimate of drug-likeness (QED) is 0.895. The number of anilines is 2. The van der Waals surface area contributed by atoms with Crippen molar-refractivity contribution < 1.29 is 0 Å². The van der Waals surface area contributed by atoms with Gasteiger partial charge in [0.05, 0.1) is 0 Å². The molecule has 2 N–H and O–H groups in total. The van der Waals surface area contributed by atoms with E-state index in [0.29, 0.717) is 5.82 Å². The highest BCUT2D eigenvalue weighted by atomic mass is 15.2. The van der Waals surface area contributed by atoms with Crippen LogP contribution in [0.2, 0.25) is 0 Å². The molecule has 4 nitrogen and oxygen atoms in total. The van der Waals surface area contributed by atoms with Crippen molar-refractivity contribution >= 4 is 11.6 Å². The zero-order chi connectivity index (χ0) is 13.4. The van der Waals surface area contributed by atoms with Crippen LogP contribution in [0.3, 0.4) is 0 Å². The Kier molecular flexibility index (Phi) is 2.85. The second-order valence-electron chi connectivity index (χ2n) is 5.29. The summed E-state index contributed by atoms with van der Waals surface area (Å²) in [4.78, 5) is 11.2. The Morgan fingerprint density at radius 2 is 1.74 bits per heavy atom. The number of benzene rings is 1. The molecule has 0 aliphatic carbocycles. The van der Waals surface area contributed by atoms with Crippen molar-refractivity contribution in [3.63, 3.8) is 0 Å². The molecule has 0 radical (unpaired) electrons. The molecule has 3 rings (SSSR count). The molecular weight excluding hydrogens is 236 g/mol. The normalized spacial score (nSPS) is 13.9. The molecule has 1 aromatic heterocycles. The van der Waals surface area contributed by atoms with Crippen LogP contribution in [0.4, 0.5) is 11.6 Å². The smallest absolute Gasteiger partial charge is 0.135 e. The maximum absolute atomic E-state index is 5.89. The average molecular weight is 254 g/mol. The highest BCUT2D eigenvalue weighted by Gasteiger charge is 2.20. The fraction of sp³-hybridized carbons (Fsp3) is 0.333. The minimum absolute atomic E-state index is 0.284. The lowest BCUT2D eigenvalue weighted by molar-refractivity contribution is 0.758. The number of aromatic nitrogens is 2. The molecule has 1 aromatic carbocycles. The first-order valence-electron chi connectivity index (χ1n) is 6.59. The van der Waals surface area contributed by atoms with Crippen LogP contribution in [0.5, 0.6) is 0 Å². The Labute approximate surface area is 113 Å². The monoisotopic (exact) mass is 254 g/mol. The number of fused-ring (bicyclic) bond motifs is 1. The summed E-state index contributed by atoms with van der Waals surface area (Å²) in [5, 5.41) is 0. The van der Waals surface area contributed by atoms with Gasteiger partial charge in [0.25, 0.3) is 0 Å². The van der Waals surface area contributed by atoms with E-state index in [-0.39, 0.29) is 5.92 Å². The van der Waals surface area contributed by atoms with Crippen LogP contribution in [-0.4, -0.2) is 9.97 Å². The third kappa shape index (κ3) is 2.26. The first-order valence-corrected chi connectivity index (χ1v) is 6.59. The van der Waals surface area contributed by atoms with Crippen LogP contribution < -0.4 is 10.6 Å². The van der Waals surface area contributed by atoms with Gasteiger partial charge in [0.2, 0.25) is 0 Å². The molecule has 0 saturated heterocycles. The summed E-state index contributed by atoms with van der Waals surface area (Å²) in [5.74, 6) is 2.57. The van der Waals surface area contributed by atoms with Crippen molar-refractivity contribution in [2.24, 2.45) is 0 Å². The number of nitrogen functional groups attached to an aromatic ring is 1. The number of hydrogen-bond acceptors (Lipinski definition) is 4. The summed E-state index contributed by atoms with van der Waals surface area (Å²) in [6.07, 6.45) is 0. The highest BCUT2D eigenvalue weighted by molar-refractivity contribution is 5.51. The van der Waals surface area contributed by atoms with Gasteiger partial charge in [0, 0.05) is 25.1 Å². The summed E-state index contributed by atoms with van der Waals surface area (Å²) < 4.78 is 0. The van der Waals surface area contributed by atoms with Crippen molar-refractivity contribution in [3.05, 3.63) is 47.3 Å². The lowest BCUT2D eigenvalue weighted by Gasteiger charge is -2.18. The maximum atomic E-state index is 5.89. The van der Waals surface area contributed by atoms with Gasteiger partial charge in [-0.3, -0.25) is 0 Å². The van der Waals surface area contributed by atoms with E-state index in [0.717, 1.165) is 24.7 Å². The van der Waals surface area contributed by atoms with Crippen LogP contribution in [0.15, 0.2) is 30.3 Å². The molecule has 0 bridgehead atoms. The summed E-state index contributed by atoms with van der Waals surface area (Å²) >= 11 is 0. The first-order chi connectivity index (χ1) is 9.13. The zero-order valence-electron chi connectivity index (χ0n) is 11.3. The van der Waals surface area contributed by atoms with E-state index >= 15 is 0 Å². The number of rotatable bonds is 2. The number of hydrogen-bond donors (Lipinski definition) is 1. The SMILES string of the molecule is CC(C)c1nc(N)cc(N2Cc3ccccc3C2)n1. The topological polar surface area (TPSA) is 55.0 Å². The molecule has 2 heterocycles. The van der Waals surface area contributed by atoms with E-state index in [1.807, 2.05) is 6.07 Å². The molecule has 0 amide bonds. The van der Waals surface area contributed by atoms with Crippen LogP contribution in [-0.2, 0) is 13.1 Å². The highest BCUT2D eigenvalue weighted by Crippen LogP contribution is 2.28. The second-order valence-corrected chi connectivity index (χ2v) is 5.29. The average Bonchev–Trinajstić information content (AvgIpc) is 2.81. The molecule has 0 saturated carbocycles. The molecule has 2 aromatic rings. The third-order valence-corrected chi connectivity index (χ3v) is 3.43. The van der Waals surface area contributed by atoms with E-state index < -0.39 is 0 Å². The molecule has 4 heteroatoms. The van der Waals surface area contributed by atoms with Crippen molar-refractivity contribution in [1.29, 1.82) is 0 Å². The predicted octanol–water partition coefficient (Wildman–Crippen LogP) is 2.70. The standard InChI is InChI=1S/C15H18N4/c1-10(2)15-17-13(16)7-14(18-15)19-8-11-5-3-4-6-12(11)9-19/h3-7,10H,8-9H2,1-2H3,(H2,16,17,18). The van der Waals surface area contributed by atoms with Gasteiger partial charge < -0.3 is 10.6 Å². The van der Waals surface area contributed by atoms with E-state index in [1.54, 1.807) is 0 Å². The fourth-order valence-electron chi connectivity index (χ4n) is 2.39. The van der Waals surface area contributed by atoms with Gasteiger partial charge in [-0.2, -0.15) is 0 Å². The van der Waals surface area contributed by atoms with E-state index in [4.69, 9.17) is 5.73 Å². The molecule has 0 fully saturated rings. The van der Waals surface area contributed by atoms with E-state index in [2.05, 4.69) is 53.0 Å². The molecule has 98 valence electrons. The molecule has 1 aliphatic heterocycles. The molecule has 0 unspecified atom stereocenters. The minimum atomic E-state index is 0.284. The fourth-order valence-corrected chi connectivity index (χ4v) is 2.39. The predicted molar refractivity (Wildman–Crippen MR) is 76.9 cm³/mol. The largest absolute Gasteiger partial charge is 0.384 e. The van der Waals surface area contributed by atoms with Crippen molar-refractivity contribution in [2.75, 3.05) is 10.6 Å². The van der Waals surface area contributed by atoms with Crippen LogP contribution in [0.1, 0.15) is 36.7 Å². The zero-order valence-corrected chi connectivity index (χ0v) is 11.3. The van der Waals surface area contributed by atoms with Crippen molar-refractivity contribution in [2.45, 2.75) is 32.9 Å². The lowest BCUT2D eigenvalue weighted by Crippen LogP contribution is -2.18. The maximum Gasteiger partial charge on any atom is 0.135 e. The van der Waals surface area contributed by atoms with Gasteiger partial charge >= 0.3 is 0 Å². The second kappa shape index (κ2) is 4.53. The van der Waals surface area contributed by atoms with Crippen molar-refractivity contribution in [3.8, 4) is 0 Å². The molecule has 0 atom stereocenters. The van der Waals surface area contributed by atoms with Gasteiger partial charge in [-0.25, -0.2) is 9.97 Å². The molecule has 19 heavy (non-hydrogen) atoms. The third-order valence-electron chi connectivity index (χ3n) is 3.43.